The molecule has 1 fully saturated rings. The van der Waals surface area contributed by atoms with E-state index in [-0.39, 0.29) is 11.8 Å². The highest BCUT2D eigenvalue weighted by molar-refractivity contribution is 5.81. The maximum absolute atomic E-state index is 11.9. The number of carbonyl (C=O) groups is 1. The second-order valence-corrected chi connectivity index (χ2v) is 4.29. The van der Waals surface area contributed by atoms with E-state index in [2.05, 4.69) is 6.07 Å². The zero-order valence-electron chi connectivity index (χ0n) is 9.60. The molecule has 1 saturated heterocycles. The van der Waals surface area contributed by atoms with Crippen LogP contribution in [-0.4, -0.2) is 23.9 Å². The minimum atomic E-state index is -0.0193. The summed E-state index contributed by atoms with van der Waals surface area (Å²) in [5.74, 6) is 0.115. The molecule has 1 atom stereocenters. The average Bonchev–Trinajstić information content (AvgIpc) is 2.71. The lowest BCUT2D eigenvalue weighted by Crippen LogP contribution is -2.29. The van der Waals surface area contributed by atoms with E-state index >= 15 is 0 Å². The van der Waals surface area contributed by atoms with E-state index in [4.69, 9.17) is 11.0 Å². The SMILES string of the molecule is N#Cc1cccc(CN2CC[C@@H](CN)C2=O)c1. The zero-order valence-corrected chi connectivity index (χ0v) is 9.60. The van der Waals surface area contributed by atoms with Gasteiger partial charge < -0.3 is 10.6 Å². The number of hydrogen-bond acceptors (Lipinski definition) is 3. The van der Waals surface area contributed by atoms with Gasteiger partial charge in [0.2, 0.25) is 5.91 Å². The molecule has 1 heterocycles. The maximum Gasteiger partial charge on any atom is 0.227 e. The van der Waals surface area contributed by atoms with Gasteiger partial charge in [-0.25, -0.2) is 0 Å². The molecule has 1 aliphatic heterocycles. The summed E-state index contributed by atoms with van der Waals surface area (Å²) in [7, 11) is 0. The molecule has 1 amide bonds. The Kier molecular flexibility index (Phi) is 3.40. The molecular weight excluding hydrogens is 214 g/mol. The predicted octanol–water partition coefficient (Wildman–Crippen LogP) is 0.865. The van der Waals surface area contributed by atoms with Gasteiger partial charge in [0.15, 0.2) is 0 Å². The standard InChI is InChI=1S/C13H15N3O/c14-7-10-2-1-3-11(6-10)9-16-5-4-12(8-15)13(16)17/h1-3,6,12H,4-5,8-9,15H2/t12-/m0/s1. The van der Waals surface area contributed by atoms with Crippen LogP contribution < -0.4 is 5.73 Å². The molecular formula is C13H15N3O. The predicted molar refractivity (Wildman–Crippen MR) is 63.7 cm³/mol. The summed E-state index contributed by atoms with van der Waals surface area (Å²) >= 11 is 0. The van der Waals surface area contributed by atoms with Gasteiger partial charge in [-0.1, -0.05) is 12.1 Å². The lowest BCUT2D eigenvalue weighted by atomic mass is 10.1. The molecule has 4 nitrogen and oxygen atoms in total. The number of nitriles is 1. The van der Waals surface area contributed by atoms with E-state index in [1.54, 1.807) is 6.07 Å². The molecule has 0 saturated carbocycles. The molecule has 0 unspecified atom stereocenters. The van der Waals surface area contributed by atoms with Gasteiger partial charge in [0.05, 0.1) is 17.6 Å². The fraction of sp³-hybridized carbons (Fsp3) is 0.385. The minimum absolute atomic E-state index is 0.0193. The number of carbonyl (C=O) groups excluding carboxylic acids is 1. The van der Waals surface area contributed by atoms with Crippen molar-refractivity contribution in [3.63, 3.8) is 0 Å². The molecule has 2 N–H and O–H groups in total. The fourth-order valence-electron chi connectivity index (χ4n) is 2.14. The number of nitrogens with two attached hydrogens (primary N) is 1. The molecule has 2 rings (SSSR count). The van der Waals surface area contributed by atoms with Crippen LogP contribution in [0.5, 0.6) is 0 Å². The van der Waals surface area contributed by atoms with Gasteiger partial charge in [-0.2, -0.15) is 5.26 Å². The summed E-state index contributed by atoms with van der Waals surface area (Å²) < 4.78 is 0. The Hall–Kier alpha value is -1.86. The van der Waals surface area contributed by atoms with Crippen molar-refractivity contribution in [2.75, 3.05) is 13.1 Å². The first-order valence-corrected chi connectivity index (χ1v) is 5.72. The Morgan fingerprint density at radius 1 is 1.53 bits per heavy atom. The van der Waals surface area contributed by atoms with Crippen LogP contribution in [0.3, 0.4) is 0 Å². The van der Waals surface area contributed by atoms with Crippen LogP contribution >= 0.6 is 0 Å². The van der Waals surface area contributed by atoms with Crippen molar-refractivity contribution in [3.05, 3.63) is 35.4 Å². The lowest BCUT2D eigenvalue weighted by molar-refractivity contribution is -0.131. The highest BCUT2D eigenvalue weighted by Gasteiger charge is 2.30. The molecule has 1 aliphatic rings. The second-order valence-electron chi connectivity index (χ2n) is 4.29. The Morgan fingerprint density at radius 2 is 2.35 bits per heavy atom. The van der Waals surface area contributed by atoms with Gasteiger partial charge in [-0.3, -0.25) is 4.79 Å². The highest BCUT2D eigenvalue weighted by Crippen LogP contribution is 2.19. The van der Waals surface area contributed by atoms with E-state index in [1.807, 2.05) is 23.1 Å². The molecule has 0 bridgehead atoms. The summed E-state index contributed by atoms with van der Waals surface area (Å²) in [5, 5.41) is 8.81. The lowest BCUT2D eigenvalue weighted by Gasteiger charge is -2.16. The summed E-state index contributed by atoms with van der Waals surface area (Å²) in [6.45, 7) is 1.76. The van der Waals surface area contributed by atoms with Gasteiger partial charge in [-0.15, -0.1) is 0 Å². The average molecular weight is 229 g/mol. The van der Waals surface area contributed by atoms with Gasteiger partial charge in [-0.05, 0) is 24.1 Å². The molecule has 0 aromatic heterocycles. The van der Waals surface area contributed by atoms with Crippen molar-refractivity contribution < 1.29 is 4.79 Å². The van der Waals surface area contributed by atoms with Gasteiger partial charge >= 0.3 is 0 Å². The summed E-state index contributed by atoms with van der Waals surface area (Å²) in [6, 6.07) is 9.46. The number of rotatable bonds is 3. The number of hydrogen-bond donors (Lipinski definition) is 1. The molecule has 88 valence electrons. The van der Waals surface area contributed by atoms with Gasteiger partial charge in [0, 0.05) is 19.6 Å². The van der Waals surface area contributed by atoms with Crippen molar-refractivity contribution in [3.8, 4) is 6.07 Å². The molecule has 0 spiro atoms. The third-order valence-electron chi connectivity index (χ3n) is 3.12. The van der Waals surface area contributed by atoms with Crippen LogP contribution in [0.15, 0.2) is 24.3 Å². The topological polar surface area (TPSA) is 70.1 Å². The van der Waals surface area contributed by atoms with E-state index in [9.17, 15) is 4.79 Å². The van der Waals surface area contributed by atoms with Crippen molar-refractivity contribution >= 4 is 5.91 Å². The first kappa shape index (κ1) is 11.6. The zero-order chi connectivity index (χ0) is 12.3. The number of nitrogens with zero attached hydrogens (tertiary/aromatic N) is 2. The minimum Gasteiger partial charge on any atom is -0.338 e. The van der Waals surface area contributed by atoms with Crippen LogP contribution in [0.4, 0.5) is 0 Å². The van der Waals surface area contributed by atoms with E-state index in [1.165, 1.54) is 0 Å². The van der Waals surface area contributed by atoms with Crippen molar-refractivity contribution in [2.45, 2.75) is 13.0 Å². The molecule has 0 aliphatic carbocycles. The summed E-state index contributed by atoms with van der Waals surface area (Å²) in [4.78, 5) is 13.7. The second kappa shape index (κ2) is 4.98. The Morgan fingerprint density at radius 3 is 3.00 bits per heavy atom. The number of likely N-dealkylation sites (tertiary alicyclic amines) is 1. The van der Waals surface area contributed by atoms with Crippen LogP contribution in [-0.2, 0) is 11.3 Å². The normalized spacial score (nSPS) is 19.4. The Labute approximate surface area is 101 Å². The van der Waals surface area contributed by atoms with Gasteiger partial charge in [0.1, 0.15) is 0 Å². The van der Waals surface area contributed by atoms with Crippen LogP contribution in [0.25, 0.3) is 0 Å². The van der Waals surface area contributed by atoms with Crippen LogP contribution in [0.1, 0.15) is 17.5 Å². The van der Waals surface area contributed by atoms with E-state index in [0.717, 1.165) is 18.5 Å². The first-order valence-electron chi connectivity index (χ1n) is 5.72. The number of benzene rings is 1. The summed E-state index contributed by atoms with van der Waals surface area (Å²) in [6.07, 6.45) is 0.841. The molecule has 1 aromatic rings. The highest BCUT2D eigenvalue weighted by atomic mass is 16.2. The van der Waals surface area contributed by atoms with Gasteiger partial charge in [0.25, 0.3) is 0 Å². The summed E-state index contributed by atoms with van der Waals surface area (Å²) in [5.41, 5.74) is 7.16. The van der Waals surface area contributed by atoms with Crippen LogP contribution in [0, 0.1) is 17.2 Å². The van der Waals surface area contributed by atoms with Crippen molar-refractivity contribution in [2.24, 2.45) is 11.7 Å². The van der Waals surface area contributed by atoms with E-state index < -0.39 is 0 Å². The van der Waals surface area contributed by atoms with Crippen LogP contribution in [0.2, 0.25) is 0 Å². The van der Waals surface area contributed by atoms with E-state index in [0.29, 0.717) is 18.7 Å². The third kappa shape index (κ3) is 2.45. The molecule has 0 radical (unpaired) electrons. The largest absolute Gasteiger partial charge is 0.338 e. The molecule has 4 heteroatoms. The van der Waals surface area contributed by atoms with Crippen molar-refractivity contribution in [1.29, 1.82) is 5.26 Å². The molecule has 1 aromatic carbocycles. The number of amides is 1. The Balaban J connectivity index is 2.07. The monoisotopic (exact) mass is 229 g/mol. The Bertz CT molecular complexity index is 464. The molecule has 17 heavy (non-hydrogen) atoms. The third-order valence-corrected chi connectivity index (χ3v) is 3.12. The quantitative estimate of drug-likeness (QED) is 0.835. The van der Waals surface area contributed by atoms with Crippen molar-refractivity contribution in [1.82, 2.24) is 4.90 Å². The fourth-order valence-corrected chi connectivity index (χ4v) is 2.14. The smallest absolute Gasteiger partial charge is 0.227 e. The first-order chi connectivity index (χ1) is 8.24. The maximum atomic E-state index is 11.9.